The second kappa shape index (κ2) is 15.5. The Labute approximate surface area is 280 Å². The van der Waals surface area contributed by atoms with Crippen LogP contribution >= 0.6 is 23.2 Å². The Morgan fingerprint density at radius 3 is 2.11 bits per heavy atom. The van der Waals surface area contributed by atoms with Crippen LogP contribution in [-0.2, 0) is 26.2 Å². The number of carbonyl (C=O) groups is 2. The maximum atomic E-state index is 14.2. The number of amides is 2. The van der Waals surface area contributed by atoms with Gasteiger partial charge < -0.3 is 15.0 Å². The fourth-order valence-electron chi connectivity index (χ4n) is 4.55. The van der Waals surface area contributed by atoms with E-state index in [2.05, 4.69) is 5.32 Å². The standard InChI is InChI=1S/C35H37Cl2N3O5S/c1-5-25(3)38-35(42)26(4)39(22-27-13-14-28(36)21-33(27)37)34(41)23-40(46(43,44)32-19-11-24(2)12-20-32)29-15-17-31(18-16-29)45-30-9-7-6-8-10-30/h6-21,25-26H,5,22-23H2,1-4H3,(H,38,42)/t25-,26-/m1/s1. The first-order chi connectivity index (χ1) is 21.9. The number of benzene rings is 4. The lowest BCUT2D eigenvalue weighted by atomic mass is 10.1. The largest absolute Gasteiger partial charge is 0.457 e. The first-order valence-electron chi connectivity index (χ1n) is 14.8. The molecular formula is C35H37Cl2N3O5S. The number of aryl methyl sites for hydroxylation is 1. The van der Waals surface area contributed by atoms with Gasteiger partial charge in [0.05, 0.1) is 10.6 Å². The second-order valence-corrected chi connectivity index (χ2v) is 13.7. The Balaban J connectivity index is 1.72. The van der Waals surface area contributed by atoms with Gasteiger partial charge in [0, 0.05) is 22.6 Å². The minimum atomic E-state index is -4.23. The Hall–Kier alpha value is -4.05. The quantitative estimate of drug-likeness (QED) is 0.157. The van der Waals surface area contributed by atoms with Gasteiger partial charge in [-0.1, -0.05) is 72.1 Å². The molecular weight excluding hydrogens is 645 g/mol. The van der Waals surface area contributed by atoms with Crippen molar-refractivity contribution in [1.29, 1.82) is 0 Å². The molecule has 242 valence electrons. The molecule has 0 radical (unpaired) electrons. The van der Waals surface area contributed by atoms with Crippen LogP contribution in [0.3, 0.4) is 0 Å². The van der Waals surface area contributed by atoms with Crippen LogP contribution in [0.15, 0.2) is 102 Å². The number of anilines is 1. The van der Waals surface area contributed by atoms with E-state index in [0.717, 1.165) is 9.87 Å². The zero-order valence-electron chi connectivity index (χ0n) is 26.1. The molecule has 1 N–H and O–H groups in total. The summed E-state index contributed by atoms with van der Waals surface area (Å²) in [4.78, 5) is 28.8. The summed E-state index contributed by atoms with van der Waals surface area (Å²) in [6.45, 7) is 6.64. The molecule has 8 nitrogen and oxygen atoms in total. The normalized spacial score (nSPS) is 12.6. The molecule has 0 heterocycles. The highest BCUT2D eigenvalue weighted by Gasteiger charge is 2.33. The summed E-state index contributed by atoms with van der Waals surface area (Å²) in [5.41, 5.74) is 1.68. The van der Waals surface area contributed by atoms with Crippen LogP contribution in [0.25, 0.3) is 0 Å². The molecule has 2 amide bonds. The molecule has 0 aliphatic carbocycles. The zero-order chi connectivity index (χ0) is 33.4. The third kappa shape index (κ3) is 8.81. The van der Waals surface area contributed by atoms with E-state index in [4.69, 9.17) is 27.9 Å². The van der Waals surface area contributed by atoms with E-state index in [0.29, 0.717) is 33.5 Å². The van der Waals surface area contributed by atoms with Crippen molar-refractivity contribution in [2.24, 2.45) is 0 Å². The van der Waals surface area contributed by atoms with E-state index in [1.807, 2.05) is 39.0 Å². The highest BCUT2D eigenvalue weighted by atomic mass is 35.5. The molecule has 4 aromatic carbocycles. The average Bonchev–Trinajstić information content (AvgIpc) is 3.04. The minimum absolute atomic E-state index is 0.0189. The lowest BCUT2D eigenvalue weighted by Crippen LogP contribution is -2.52. The topological polar surface area (TPSA) is 96.0 Å². The predicted molar refractivity (Wildman–Crippen MR) is 183 cm³/mol. The SMILES string of the molecule is CC[C@@H](C)NC(=O)[C@@H](C)N(Cc1ccc(Cl)cc1Cl)C(=O)CN(c1ccc(Oc2ccccc2)cc1)S(=O)(=O)c1ccc(C)cc1. The van der Waals surface area contributed by atoms with Crippen molar-refractivity contribution >= 4 is 50.7 Å². The van der Waals surface area contributed by atoms with Gasteiger partial charge in [0.25, 0.3) is 10.0 Å². The Morgan fingerprint density at radius 1 is 0.870 bits per heavy atom. The first-order valence-corrected chi connectivity index (χ1v) is 17.0. The number of halogens is 2. The van der Waals surface area contributed by atoms with Crippen LogP contribution in [0, 0.1) is 6.92 Å². The first kappa shape index (κ1) is 34.8. The predicted octanol–water partition coefficient (Wildman–Crippen LogP) is 7.62. The van der Waals surface area contributed by atoms with Crippen molar-refractivity contribution in [2.45, 2.75) is 57.6 Å². The third-order valence-corrected chi connectivity index (χ3v) is 9.89. The van der Waals surface area contributed by atoms with Crippen molar-refractivity contribution in [2.75, 3.05) is 10.8 Å². The number of hydrogen-bond acceptors (Lipinski definition) is 5. The number of rotatable bonds is 13. The Kier molecular flexibility index (Phi) is 11.7. The van der Waals surface area contributed by atoms with Crippen molar-refractivity contribution in [3.63, 3.8) is 0 Å². The fourth-order valence-corrected chi connectivity index (χ4v) is 6.44. The smallest absolute Gasteiger partial charge is 0.264 e. The summed E-state index contributed by atoms with van der Waals surface area (Å²) < 4.78 is 35.2. The molecule has 0 aliphatic heterocycles. The molecule has 0 saturated heterocycles. The number of hydrogen-bond donors (Lipinski definition) is 1. The van der Waals surface area contributed by atoms with E-state index in [1.54, 1.807) is 73.7 Å². The molecule has 46 heavy (non-hydrogen) atoms. The van der Waals surface area contributed by atoms with E-state index in [9.17, 15) is 18.0 Å². The van der Waals surface area contributed by atoms with Gasteiger partial charge in [-0.3, -0.25) is 13.9 Å². The molecule has 11 heteroatoms. The maximum Gasteiger partial charge on any atom is 0.264 e. The van der Waals surface area contributed by atoms with Crippen LogP contribution in [0.2, 0.25) is 10.0 Å². The fraction of sp³-hybridized carbons (Fsp3) is 0.257. The van der Waals surface area contributed by atoms with Gasteiger partial charge in [-0.25, -0.2) is 8.42 Å². The van der Waals surface area contributed by atoms with Gasteiger partial charge >= 0.3 is 0 Å². The molecule has 4 rings (SSSR count). The number of nitrogens with zero attached hydrogens (tertiary/aromatic N) is 2. The average molecular weight is 683 g/mol. The second-order valence-electron chi connectivity index (χ2n) is 11.0. The molecule has 4 aromatic rings. The number of sulfonamides is 1. The van der Waals surface area contributed by atoms with Crippen molar-refractivity contribution in [3.05, 3.63) is 118 Å². The Bertz CT molecular complexity index is 1750. The van der Waals surface area contributed by atoms with Crippen molar-refractivity contribution in [3.8, 4) is 11.5 Å². The summed E-state index contributed by atoms with van der Waals surface area (Å²) in [5.74, 6) is 0.139. The van der Waals surface area contributed by atoms with Gasteiger partial charge in [0.1, 0.15) is 24.1 Å². The molecule has 0 saturated carbocycles. The summed E-state index contributed by atoms with van der Waals surface area (Å²) >= 11 is 12.6. The van der Waals surface area contributed by atoms with Gasteiger partial charge in [-0.2, -0.15) is 0 Å². The maximum absolute atomic E-state index is 14.2. The van der Waals surface area contributed by atoms with Crippen LogP contribution in [0.4, 0.5) is 5.69 Å². The van der Waals surface area contributed by atoms with Gasteiger partial charge in [-0.15, -0.1) is 0 Å². The molecule has 0 bridgehead atoms. The monoisotopic (exact) mass is 681 g/mol. The van der Waals surface area contributed by atoms with Gasteiger partial charge in [0.2, 0.25) is 11.8 Å². The number of para-hydroxylation sites is 1. The van der Waals surface area contributed by atoms with Crippen LogP contribution in [-0.4, -0.2) is 43.8 Å². The molecule has 0 unspecified atom stereocenters. The highest BCUT2D eigenvalue weighted by Crippen LogP contribution is 2.29. The summed E-state index contributed by atoms with van der Waals surface area (Å²) in [7, 11) is -4.23. The van der Waals surface area contributed by atoms with Crippen LogP contribution in [0.5, 0.6) is 11.5 Å². The molecule has 2 atom stereocenters. The Morgan fingerprint density at radius 2 is 1.50 bits per heavy atom. The lowest BCUT2D eigenvalue weighted by Gasteiger charge is -2.32. The summed E-state index contributed by atoms with van der Waals surface area (Å²) in [6, 6.07) is 25.8. The van der Waals surface area contributed by atoms with Crippen molar-refractivity contribution in [1.82, 2.24) is 10.2 Å². The van der Waals surface area contributed by atoms with Gasteiger partial charge in [-0.05, 0) is 93.4 Å². The van der Waals surface area contributed by atoms with Gasteiger partial charge in [0.15, 0.2) is 0 Å². The lowest BCUT2D eigenvalue weighted by molar-refractivity contribution is -0.139. The molecule has 0 spiro atoms. The van der Waals surface area contributed by atoms with E-state index >= 15 is 0 Å². The van der Waals surface area contributed by atoms with Crippen molar-refractivity contribution < 1.29 is 22.7 Å². The minimum Gasteiger partial charge on any atom is -0.457 e. The van der Waals surface area contributed by atoms with E-state index in [-0.39, 0.29) is 29.1 Å². The van der Waals surface area contributed by atoms with E-state index < -0.39 is 28.5 Å². The molecule has 0 aliphatic rings. The van der Waals surface area contributed by atoms with Crippen LogP contribution < -0.4 is 14.4 Å². The highest BCUT2D eigenvalue weighted by molar-refractivity contribution is 7.92. The summed E-state index contributed by atoms with van der Waals surface area (Å²) in [6.07, 6.45) is 0.696. The molecule has 0 aromatic heterocycles. The summed E-state index contributed by atoms with van der Waals surface area (Å²) in [5, 5.41) is 3.65. The third-order valence-electron chi connectivity index (χ3n) is 7.52. The zero-order valence-corrected chi connectivity index (χ0v) is 28.4. The number of nitrogens with one attached hydrogen (secondary N) is 1. The number of carbonyl (C=O) groups excluding carboxylic acids is 2. The molecule has 0 fully saturated rings. The number of ether oxygens (including phenoxy) is 1. The van der Waals surface area contributed by atoms with E-state index in [1.165, 1.54) is 17.0 Å². The van der Waals surface area contributed by atoms with Crippen LogP contribution in [0.1, 0.15) is 38.3 Å².